The van der Waals surface area contributed by atoms with E-state index >= 15 is 0 Å². The number of nitrogens with one attached hydrogen (secondary N) is 2. The van der Waals surface area contributed by atoms with Gasteiger partial charge in [-0.1, -0.05) is 12.1 Å². The normalized spacial score (nSPS) is 12.5. The van der Waals surface area contributed by atoms with Gasteiger partial charge in [0.2, 0.25) is 0 Å². The lowest BCUT2D eigenvalue weighted by Gasteiger charge is -2.26. The summed E-state index contributed by atoms with van der Waals surface area (Å²) in [4.78, 5) is 6.48. The predicted octanol–water partition coefficient (Wildman–Crippen LogP) is 2.01. The number of likely N-dealkylation sites (N-methyl/N-ethyl adjacent to an activating group) is 1. The summed E-state index contributed by atoms with van der Waals surface area (Å²) in [7, 11) is 9.53. The van der Waals surface area contributed by atoms with Gasteiger partial charge in [-0.2, -0.15) is 5.10 Å². The fraction of sp³-hybridized carbons (Fsp3) is 0.444. The van der Waals surface area contributed by atoms with Crippen LogP contribution < -0.4 is 15.4 Å². The molecule has 0 saturated heterocycles. The van der Waals surface area contributed by atoms with Crippen LogP contribution in [0.2, 0.25) is 0 Å². The number of guanidine groups is 1. The topological polar surface area (TPSA) is 66.7 Å². The summed E-state index contributed by atoms with van der Waals surface area (Å²) in [5.41, 5.74) is 2.32. The molecule has 1 unspecified atom stereocenters. The van der Waals surface area contributed by atoms with Crippen molar-refractivity contribution in [2.75, 3.05) is 34.8 Å². The van der Waals surface area contributed by atoms with Crippen molar-refractivity contribution in [3.63, 3.8) is 0 Å². The van der Waals surface area contributed by atoms with Crippen molar-refractivity contribution in [1.29, 1.82) is 0 Å². The number of benzene rings is 1. The van der Waals surface area contributed by atoms with Gasteiger partial charge in [0.05, 0.1) is 25.4 Å². The first-order valence-corrected chi connectivity index (χ1v) is 8.27. The van der Waals surface area contributed by atoms with Gasteiger partial charge in [-0.15, -0.1) is 24.0 Å². The van der Waals surface area contributed by atoms with Gasteiger partial charge in [0.15, 0.2) is 5.96 Å². The van der Waals surface area contributed by atoms with Crippen LogP contribution in [0.5, 0.6) is 5.75 Å². The van der Waals surface area contributed by atoms with E-state index in [1.165, 1.54) is 5.56 Å². The van der Waals surface area contributed by atoms with Crippen LogP contribution in [-0.4, -0.2) is 55.4 Å². The number of methoxy groups -OCH3 is 1. The van der Waals surface area contributed by atoms with Gasteiger partial charge in [-0.3, -0.25) is 9.67 Å². The number of rotatable bonds is 7. The molecule has 0 radical (unpaired) electrons. The maximum absolute atomic E-state index is 5.24. The van der Waals surface area contributed by atoms with Crippen LogP contribution >= 0.6 is 24.0 Å². The molecule has 0 aliphatic heterocycles. The van der Waals surface area contributed by atoms with E-state index in [1.807, 2.05) is 29.9 Å². The highest BCUT2D eigenvalue weighted by Crippen LogP contribution is 2.20. The Kier molecular flexibility index (Phi) is 9.42. The Morgan fingerprint density at radius 1 is 1.23 bits per heavy atom. The summed E-state index contributed by atoms with van der Waals surface area (Å²) in [5, 5.41) is 10.9. The Hall–Kier alpha value is -1.81. The molecule has 26 heavy (non-hydrogen) atoms. The first-order chi connectivity index (χ1) is 12.0. The van der Waals surface area contributed by atoms with Crippen LogP contribution in [0.3, 0.4) is 0 Å². The highest BCUT2D eigenvalue weighted by Gasteiger charge is 2.15. The minimum atomic E-state index is 0. The fourth-order valence-electron chi connectivity index (χ4n) is 2.59. The number of hydrogen-bond donors (Lipinski definition) is 2. The third-order valence-electron chi connectivity index (χ3n) is 4.17. The van der Waals surface area contributed by atoms with Crippen LogP contribution in [0.1, 0.15) is 17.3 Å². The van der Waals surface area contributed by atoms with E-state index in [4.69, 9.17) is 4.74 Å². The van der Waals surface area contributed by atoms with Crippen molar-refractivity contribution < 1.29 is 4.74 Å². The molecule has 2 rings (SSSR count). The van der Waals surface area contributed by atoms with Gasteiger partial charge >= 0.3 is 0 Å². The summed E-state index contributed by atoms with van der Waals surface area (Å²) in [5.74, 6) is 1.63. The highest BCUT2D eigenvalue weighted by molar-refractivity contribution is 14.0. The summed E-state index contributed by atoms with van der Waals surface area (Å²) in [6.07, 6.45) is 1.79. The number of ether oxygens (including phenoxy) is 1. The smallest absolute Gasteiger partial charge is 0.191 e. The molecule has 0 aliphatic carbocycles. The molecule has 8 heteroatoms. The van der Waals surface area contributed by atoms with E-state index in [9.17, 15) is 0 Å². The average molecular weight is 472 g/mol. The van der Waals surface area contributed by atoms with E-state index in [2.05, 4.69) is 51.9 Å². The molecule has 2 N–H and O–H groups in total. The second kappa shape index (κ2) is 11.0. The average Bonchev–Trinajstić information content (AvgIpc) is 3.03. The molecule has 0 fully saturated rings. The summed E-state index contributed by atoms with van der Waals surface area (Å²) < 4.78 is 7.08. The van der Waals surface area contributed by atoms with Crippen molar-refractivity contribution in [1.82, 2.24) is 25.3 Å². The summed E-state index contributed by atoms with van der Waals surface area (Å²) in [6, 6.07) is 10.4. The molecule has 0 spiro atoms. The van der Waals surface area contributed by atoms with E-state index < -0.39 is 0 Å². The Morgan fingerprint density at radius 2 is 1.92 bits per heavy atom. The van der Waals surface area contributed by atoms with Crippen LogP contribution in [0.25, 0.3) is 0 Å². The minimum Gasteiger partial charge on any atom is -0.497 e. The molecule has 0 saturated carbocycles. The van der Waals surface area contributed by atoms with Crippen molar-refractivity contribution >= 4 is 29.9 Å². The van der Waals surface area contributed by atoms with E-state index in [1.54, 1.807) is 20.4 Å². The van der Waals surface area contributed by atoms with Crippen molar-refractivity contribution in [3.8, 4) is 5.75 Å². The Labute approximate surface area is 172 Å². The predicted molar refractivity (Wildman–Crippen MR) is 116 cm³/mol. The molecule has 2 aromatic rings. The second-order valence-corrected chi connectivity index (χ2v) is 6.01. The molecule has 0 aliphatic rings. The molecule has 1 atom stereocenters. The summed E-state index contributed by atoms with van der Waals surface area (Å²) in [6.45, 7) is 1.41. The Balaban J connectivity index is 0.00000338. The van der Waals surface area contributed by atoms with E-state index in [0.29, 0.717) is 6.54 Å². The molecule has 0 amide bonds. The maximum Gasteiger partial charge on any atom is 0.191 e. The third kappa shape index (κ3) is 6.17. The maximum atomic E-state index is 5.24. The number of hydrogen-bond acceptors (Lipinski definition) is 4. The van der Waals surface area contributed by atoms with Crippen LogP contribution in [0, 0.1) is 0 Å². The SMILES string of the molecule is CN=C(NCc1ccnn1C)NCC(c1ccc(OC)cc1)N(C)C.I. The van der Waals surface area contributed by atoms with Gasteiger partial charge in [-0.25, -0.2) is 0 Å². The monoisotopic (exact) mass is 472 g/mol. The molecule has 1 heterocycles. The zero-order valence-corrected chi connectivity index (χ0v) is 18.4. The largest absolute Gasteiger partial charge is 0.497 e. The first-order valence-electron chi connectivity index (χ1n) is 8.27. The molecule has 144 valence electrons. The molecule has 1 aromatic carbocycles. The zero-order valence-electron chi connectivity index (χ0n) is 16.1. The Bertz CT molecular complexity index is 683. The molecular formula is C18H29IN6O. The minimum absolute atomic E-state index is 0. The first kappa shape index (κ1) is 22.2. The van der Waals surface area contributed by atoms with Crippen molar-refractivity contribution in [2.45, 2.75) is 12.6 Å². The van der Waals surface area contributed by atoms with Gasteiger partial charge in [0.25, 0.3) is 0 Å². The number of halogens is 1. The number of nitrogens with zero attached hydrogens (tertiary/aromatic N) is 4. The van der Waals surface area contributed by atoms with E-state index in [-0.39, 0.29) is 30.0 Å². The van der Waals surface area contributed by atoms with Gasteiger partial charge in [0, 0.05) is 26.8 Å². The van der Waals surface area contributed by atoms with E-state index in [0.717, 1.165) is 23.9 Å². The molecule has 7 nitrogen and oxygen atoms in total. The van der Waals surface area contributed by atoms with Gasteiger partial charge in [-0.05, 0) is 37.9 Å². The zero-order chi connectivity index (χ0) is 18.2. The summed E-state index contributed by atoms with van der Waals surface area (Å²) >= 11 is 0. The lowest BCUT2D eigenvalue weighted by molar-refractivity contribution is 0.298. The lowest BCUT2D eigenvalue weighted by atomic mass is 10.1. The van der Waals surface area contributed by atoms with Crippen molar-refractivity contribution in [2.24, 2.45) is 12.0 Å². The highest BCUT2D eigenvalue weighted by atomic mass is 127. The van der Waals surface area contributed by atoms with Crippen LogP contribution in [-0.2, 0) is 13.6 Å². The number of aromatic nitrogens is 2. The molecular weight excluding hydrogens is 443 g/mol. The molecule has 1 aromatic heterocycles. The van der Waals surface area contributed by atoms with Crippen molar-refractivity contribution in [3.05, 3.63) is 47.8 Å². The Morgan fingerprint density at radius 3 is 2.42 bits per heavy atom. The van der Waals surface area contributed by atoms with Gasteiger partial charge < -0.3 is 20.3 Å². The van der Waals surface area contributed by atoms with Crippen LogP contribution in [0.15, 0.2) is 41.5 Å². The number of aliphatic imine (C=N–C) groups is 1. The quantitative estimate of drug-likeness (QED) is 0.367. The third-order valence-corrected chi connectivity index (χ3v) is 4.17. The van der Waals surface area contributed by atoms with Gasteiger partial charge in [0.1, 0.15) is 5.75 Å². The number of aryl methyl sites for hydroxylation is 1. The second-order valence-electron chi connectivity index (χ2n) is 6.01. The van der Waals surface area contributed by atoms with Crippen LogP contribution in [0.4, 0.5) is 0 Å². The molecule has 0 bridgehead atoms. The standard InChI is InChI=1S/C18H28N6O.HI/c1-19-18(20-12-15-10-11-22-24(15)4)21-13-17(23(2)3)14-6-8-16(25-5)9-7-14;/h6-11,17H,12-13H2,1-5H3,(H2,19,20,21);1H. The lowest BCUT2D eigenvalue weighted by Crippen LogP contribution is -2.41. The fourth-order valence-corrected chi connectivity index (χ4v) is 2.59.